The van der Waals surface area contributed by atoms with Crippen LogP contribution in [-0.2, 0) is 11.3 Å². The van der Waals surface area contributed by atoms with Gasteiger partial charge in [0.15, 0.2) is 0 Å². The minimum absolute atomic E-state index is 0.140. The van der Waals surface area contributed by atoms with Crippen LogP contribution in [0.15, 0.2) is 47.4 Å². The molecule has 0 aliphatic rings. The van der Waals surface area contributed by atoms with E-state index < -0.39 is 10.5 Å². The summed E-state index contributed by atoms with van der Waals surface area (Å²) in [7, 11) is 0. The predicted molar refractivity (Wildman–Crippen MR) is 104 cm³/mol. The zero-order valence-electron chi connectivity index (χ0n) is 16.0. The molecule has 2 rings (SSSR count). The molecule has 0 unspecified atom stereocenters. The summed E-state index contributed by atoms with van der Waals surface area (Å²) >= 11 is 0. The van der Waals surface area contributed by atoms with Crippen LogP contribution >= 0.6 is 0 Å². The quantitative estimate of drug-likeness (QED) is 0.596. The van der Waals surface area contributed by atoms with Gasteiger partial charge in [0, 0.05) is 12.1 Å². The van der Waals surface area contributed by atoms with E-state index in [4.69, 9.17) is 0 Å². The van der Waals surface area contributed by atoms with Gasteiger partial charge in [-0.25, -0.2) is 0 Å². The maximum atomic E-state index is 12.5. The van der Waals surface area contributed by atoms with Crippen molar-refractivity contribution in [2.45, 2.75) is 46.2 Å². The van der Waals surface area contributed by atoms with E-state index >= 15 is 0 Å². The Bertz CT molecular complexity index is 870. The minimum atomic E-state index is -0.596. The summed E-state index contributed by atoms with van der Waals surface area (Å²) in [5.74, 6) is 0.191. The van der Waals surface area contributed by atoms with Gasteiger partial charge < -0.3 is 5.32 Å². The molecule has 0 fully saturated rings. The van der Waals surface area contributed by atoms with Crippen molar-refractivity contribution >= 4 is 11.6 Å². The highest BCUT2D eigenvalue weighted by Crippen LogP contribution is 2.24. The molecule has 0 aliphatic carbocycles. The van der Waals surface area contributed by atoms with Crippen molar-refractivity contribution in [3.05, 3.63) is 74.2 Å². The molecule has 0 aliphatic heterocycles. The number of pyridine rings is 1. The van der Waals surface area contributed by atoms with Crippen LogP contribution in [0.3, 0.4) is 0 Å². The number of aromatic nitrogens is 1. The highest BCUT2D eigenvalue weighted by molar-refractivity contribution is 5.76. The first-order chi connectivity index (χ1) is 12.7. The number of rotatable bonds is 7. The van der Waals surface area contributed by atoms with E-state index in [0.29, 0.717) is 5.92 Å². The SMILES string of the molecule is CC(C)c1ccc([C@H](NC(=O)Cn2cc([N+](=O)[O-])ccc2=O)C(C)C)cc1. The van der Waals surface area contributed by atoms with Crippen molar-refractivity contribution in [1.29, 1.82) is 0 Å². The molecule has 1 amide bonds. The third-order valence-electron chi connectivity index (χ3n) is 4.44. The Morgan fingerprint density at radius 3 is 2.19 bits per heavy atom. The summed E-state index contributed by atoms with van der Waals surface area (Å²) < 4.78 is 1.05. The van der Waals surface area contributed by atoms with Gasteiger partial charge in [0.05, 0.1) is 17.2 Å². The Balaban J connectivity index is 2.17. The van der Waals surface area contributed by atoms with Crippen molar-refractivity contribution < 1.29 is 9.72 Å². The molecule has 1 heterocycles. The molecule has 1 atom stereocenters. The van der Waals surface area contributed by atoms with E-state index in [1.807, 2.05) is 38.1 Å². The summed E-state index contributed by atoms with van der Waals surface area (Å²) in [4.78, 5) is 34.6. The molecule has 1 aromatic heterocycles. The molecule has 1 N–H and O–H groups in total. The van der Waals surface area contributed by atoms with Crippen molar-refractivity contribution in [2.24, 2.45) is 5.92 Å². The van der Waals surface area contributed by atoms with E-state index in [-0.39, 0.29) is 30.1 Å². The second kappa shape index (κ2) is 8.62. The van der Waals surface area contributed by atoms with Crippen molar-refractivity contribution in [1.82, 2.24) is 9.88 Å². The maximum absolute atomic E-state index is 12.5. The number of nitro groups is 1. The fraction of sp³-hybridized carbons (Fsp3) is 0.400. The van der Waals surface area contributed by atoms with Crippen LogP contribution in [0.2, 0.25) is 0 Å². The number of nitrogens with zero attached hydrogens (tertiary/aromatic N) is 2. The van der Waals surface area contributed by atoms with Gasteiger partial charge in [-0.2, -0.15) is 0 Å². The van der Waals surface area contributed by atoms with E-state index in [9.17, 15) is 19.7 Å². The van der Waals surface area contributed by atoms with Gasteiger partial charge >= 0.3 is 0 Å². The number of carbonyl (C=O) groups is 1. The molecule has 2 aromatic rings. The third kappa shape index (κ3) is 5.26. The zero-order chi connectivity index (χ0) is 20.1. The molecule has 7 nitrogen and oxygen atoms in total. The minimum Gasteiger partial charge on any atom is -0.347 e. The molecule has 0 saturated carbocycles. The lowest BCUT2D eigenvalue weighted by Crippen LogP contribution is -2.36. The average Bonchev–Trinajstić information content (AvgIpc) is 2.61. The topological polar surface area (TPSA) is 94.2 Å². The molecule has 27 heavy (non-hydrogen) atoms. The van der Waals surface area contributed by atoms with Gasteiger partial charge in [0.25, 0.3) is 11.2 Å². The molecular weight excluding hydrogens is 346 g/mol. The summed E-state index contributed by atoms with van der Waals surface area (Å²) in [5.41, 5.74) is 1.51. The van der Waals surface area contributed by atoms with Crippen LogP contribution < -0.4 is 10.9 Å². The van der Waals surface area contributed by atoms with Gasteiger partial charge in [-0.05, 0) is 23.0 Å². The highest BCUT2D eigenvalue weighted by Gasteiger charge is 2.19. The first-order valence-corrected chi connectivity index (χ1v) is 8.93. The van der Waals surface area contributed by atoms with E-state index in [1.54, 1.807) is 0 Å². The van der Waals surface area contributed by atoms with E-state index in [1.165, 1.54) is 5.56 Å². The van der Waals surface area contributed by atoms with Gasteiger partial charge in [0.2, 0.25) is 5.91 Å². The zero-order valence-corrected chi connectivity index (χ0v) is 16.0. The number of benzene rings is 1. The molecule has 0 radical (unpaired) electrons. The average molecular weight is 371 g/mol. The van der Waals surface area contributed by atoms with Crippen LogP contribution in [0.5, 0.6) is 0 Å². The van der Waals surface area contributed by atoms with Crippen LogP contribution in [-0.4, -0.2) is 15.4 Å². The number of amides is 1. The second-order valence-electron chi connectivity index (χ2n) is 7.22. The largest absolute Gasteiger partial charge is 0.347 e. The maximum Gasteiger partial charge on any atom is 0.285 e. The van der Waals surface area contributed by atoms with Gasteiger partial charge in [0.1, 0.15) is 6.54 Å². The lowest BCUT2D eigenvalue weighted by molar-refractivity contribution is -0.385. The second-order valence-corrected chi connectivity index (χ2v) is 7.22. The molecule has 0 spiro atoms. The molecule has 0 saturated heterocycles. The molecular formula is C20H25N3O4. The normalized spacial score (nSPS) is 12.2. The number of nitrogens with one attached hydrogen (secondary N) is 1. The summed E-state index contributed by atoms with van der Waals surface area (Å²) in [6, 6.07) is 10.1. The van der Waals surface area contributed by atoms with Crippen LogP contribution in [0.25, 0.3) is 0 Å². The van der Waals surface area contributed by atoms with E-state index in [0.717, 1.165) is 28.5 Å². The Labute approximate surface area is 158 Å². The van der Waals surface area contributed by atoms with Crippen LogP contribution in [0, 0.1) is 16.0 Å². The Morgan fingerprint density at radius 2 is 1.67 bits per heavy atom. The van der Waals surface area contributed by atoms with Gasteiger partial charge in [-0.15, -0.1) is 0 Å². The van der Waals surface area contributed by atoms with Gasteiger partial charge in [-0.1, -0.05) is 52.0 Å². The molecule has 1 aromatic carbocycles. The van der Waals surface area contributed by atoms with Crippen LogP contribution in [0.4, 0.5) is 5.69 Å². The standard InChI is InChI=1S/C20H25N3O4/c1-13(2)15-5-7-16(8-6-15)20(14(3)4)21-18(24)12-22-11-17(23(26)27)9-10-19(22)25/h5-11,13-14,20H,12H2,1-4H3,(H,21,24)/t20-/m1/s1. The molecule has 7 heteroatoms. The Kier molecular flexibility index (Phi) is 6.50. The number of hydrogen-bond donors (Lipinski definition) is 1. The summed E-state index contributed by atoms with van der Waals surface area (Å²) in [6.07, 6.45) is 1.09. The Hall–Kier alpha value is -2.96. The smallest absolute Gasteiger partial charge is 0.285 e. The summed E-state index contributed by atoms with van der Waals surface area (Å²) in [5, 5.41) is 13.8. The van der Waals surface area contributed by atoms with Crippen LogP contribution in [0.1, 0.15) is 50.8 Å². The number of hydrogen-bond acceptors (Lipinski definition) is 4. The fourth-order valence-electron chi connectivity index (χ4n) is 2.85. The third-order valence-corrected chi connectivity index (χ3v) is 4.44. The van der Waals surface area contributed by atoms with E-state index in [2.05, 4.69) is 19.2 Å². The number of carbonyl (C=O) groups excluding carboxylic acids is 1. The molecule has 144 valence electrons. The molecule has 0 bridgehead atoms. The van der Waals surface area contributed by atoms with Crippen molar-refractivity contribution in [3.8, 4) is 0 Å². The highest BCUT2D eigenvalue weighted by atomic mass is 16.6. The Morgan fingerprint density at radius 1 is 1.07 bits per heavy atom. The lowest BCUT2D eigenvalue weighted by atomic mass is 9.93. The monoisotopic (exact) mass is 371 g/mol. The van der Waals surface area contributed by atoms with Crippen molar-refractivity contribution in [3.63, 3.8) is 0 Å². The summed E-state index contributed by atoms with van der Waals surface area (Å²) in [6.45, 7) is 7.97. The first kappa shape index (κ1) is 20.4. The lowest BCUT2D eigenvalue weighted by Gasteiger charge is -2.23. The fourth-order valence-corrected chi connectivity index (χ4v) is 2.85. The van der Waals surface area contributed by atoms with Crippen molar-refractivity contribution in [2.75, 3.05) is 0 Å². The predicted octanol–water partition coefficient (Wildman–Crippen LogP) is 3.39. The first-order valence-electron chi connectivity index (χ1n) is 8.93. The van der Waals surface area contributed by atoms with Gasteiger partial charge in [-0.3, -0.25) is 24.3 Å².